The van der Waals surface area contributed by atoms with Gasteiger partial charge in [-0.1, -0.05) is 38.4 Å². The number of halogens is 1. The van der Waals surface area contributed by atoms with E-state index in [1.165, 1.54) is 0 Å². The molecular weight excluding hydrogens is 510 g/mol. The maximum absolute atomic E-state index is 12.6. The summed E-state index contributed by atoms with van der Waals surface area (Å²) >= 11 is 7.65. The highest BCUT2D eigenvalue weighted by molar-refractivity contribution is 7.98. The molecule has 0 saturated heterocycles. The minimum absolute atomic E-state index is 0.0780. The molecule has 0 bridgehead atoms. The number of esters is 1. The molecule has 1 N–H and O–H groups in total. The van der Waals surface area contributed by atoms with E-state index in [-0.39, 0.29) is 18.3 Å². The third-order valence-corrected chi connectivity index (χ3v) is 6.62. The summed E-state index contributed by atoms with van der Waals surface area (Å²) in [6, 6.07) is 18.5. The molecule has 0 fully saturated rings. The van der Waals surface area contributed by atoms with Crippen LogP contribution in [0.2, 0.25) is 5.02 Å². The number of anilines is 1. The fourth-order valence-corrected chi connectivity index (χ4v) is 4.29. The van der Waals surface area contributed by atoms with Gasteiger partial charge < -0.3 is 19.5 Å². The molecule has 8 heteroatoms. The lowest BCUT2D eigenvalue weighted by atomic mass is 9.95. The van der Waals surface area contributed by atoms with Crippen molar-refractivity contribution in [3.63, 3.8) is 0 Å². The number of thioether (sulfide) groups is 1. The van der Waals surface area contributed by atoms with Gasteiger partial charge >= 0.3 is 5.97 Å². The molecule has 0 aliphatic rings. The predicted molar refractivity (Wildman–Crippen MR) is 149 cm³/mol. The van der Waals surface area contributed by atoms with Gasteiger partial charge in [0, 0.05) is 32.3 Å². The van der Waals surface area contributed by atoms with Crippen LogP contribution in [-0.4, -0.2) is 25.6 Å². The summed E-state index contributed by atoms with van der Waals surface area (Å²) in [6.07, 6.45) is 0.130. The maximum Gasteiger partial charge on any atom is 0.310 e. The summed E-state index contributed by atoms with van der Waals surface area (Å²) in [7, 11) is 1.57. The first-order valence-corrected chi connectivity index (χ1v) is 13.3. The molecule has 0 spiro atoms. The molecule has 6 nitrogen and oxygen atoms in total. The van der Waals surface area contributed by atoms with Gasteiger partial charge in [0.1, 0.15) is 5.75 Å². The van der Waals surface area contributed by atoms with Gasteiger partial charge in [0.25, 0.3) is 0 Å². The van der Waals surface area contributed by atoms with Crippen LogP contribution in [-0.2, 0) is 26.5 Å². The van der Waals surface area contributed by atoms with E-state index in [2.05, 4.69) is 5.32 Å². The maximum atomic E-state index is 12.6. The van der Waals surface area contributed by atoms with Gasteiger partial charge in [0.15, 0.2) is 11.5 Å². The van der Waals surface area contributed by atoms with Crippen molar-refractivity contribution < 1.29 is 23.8 Å². The van der Waals surface area contributed by atoms with E-state index in [4.69, 9.17) is 25.8 Å². The van der Waals surface area contributed by atoms with Crippen molar-refractivity contribution in [1.82, 2.24) is 0 Å². The Kier molecular flexibility index (Phi) is 9.89. The van der Waals surface area contributed by atoms with Crippen molar-refractivity contribution in [3.8, 4) is 17.2 Å². The Balaban J connectivity index is 1.91. The summed E-state index contributed by atoms with van der Waals surface area (Å²) in [4.78, 5) is 25.6. The van der Waals surface area contributed by atoms with Crippen molar-refractivity contribution in [2.75, 3.05) is 19.0 Å². The smallest absolute Gasteiger partial charge is 0.310 e. The van der Waals surface area contributed by atoms with Crippen LogP contribution in [0, 0.1) is 5.41 Å². The molecule has 3 aromatic rings. The number of rotatable bonds is 10. The van der Waals surface area contributed by atoms with Gasteiger partial charge in [0.2, 0.25) is 5.91 Å². The van der Waals surface area contributed by atoms with E-state index in [0.29, 0.717) is 40.3 Å². The molecule has 37 heavy (non-hydrogen) atoms. The number of hydrogen-bond acceptors (Lipinski definition) is 6. The third kappa shape index (κ3) is 8.44. The van der Waals surface area contributed by atoms with Gasteiger partial charge in [0.05, 0.1) is 20.1 Å². The standard InChI is InChI=1S/C29H32ClNO5S/c1-6-35-27(32)16-19-7-13-25(34-5)26(15-19)36-24-14-10-22(31-28(33)29(2,3)4)17-20(24)18-37-23-11-8-21(30)9-12-23/h7-15,17H,6,16,18H2,1-5H3,(H,31,33). The third-order valence-electron chi connectivity index (χ3n) is 5.31. The van der Waals surface area contributed by atoms with Crippen molar-refractivity contribution in [1.29, 1.82) is 0 Å². The topological polar surface area (TPSA) is 73.9 Å². The first kappa shape index (κ1) is 28.4. The van der Waals surface area contributed by atoms with E-state index < -0.39 is 5.41 Å². The van der Waals surface area contributed by atoms with E-state index in [1.807, 2.05) is 69.3 Å². The molecule has 0 unspecified atom stereocenters. The van der Waals surface area contributed by atoms with Crippen LogP contribution in [0.4, 0.5) is 5.69 Å². The Morgan fingerprint density at radius 3 is 2.30 bits per heavy atom. The minimum Gasteiger partial charge on any atom is -0.493 e. The van der Waals surface area contributed by atoms with E-state index in [0.717, 1.165) is 16.0 Å². The molecule has 0 aromatic heterocycles. The summed E-state index contributed by atoms with van der Waals surface area (Å²) in [5.41, 5.74) is 1.78. The van der Waals surface area contributed by atoms with Gasteiger partial charge in [-0.05, 0) is 67.1 Å². The molecule has 0 radical (unpaired) electrons. The van der Waals surface area contributed by atoms with Crippen LogP contribution in [0.15, 0.2) is 65.6 Å². The number of ether oxygens (including phenoxy) is 3. The number of amides is 1. The molecule has 0 atom stereocenters. The van der Waals surface area contributed by atoms with Crippen molar-refractivity contribution in [2.24, 2.45) is 5.41 Å². The number of methoxy groups -OCH3 is 1. The monoisotopic (exact) mass is 541 g/mol. The molecule has 0 aliphatic heterocycles. The number of nitrogens with one attached hydrogen (secondary N) is 1. The number of benzene rings is 3. The van der Waals surface area contributed by atoms with Crippen LogP contribution >= 0.6 is 23.4 Å². The highest BCUT2D eigenvalue weighted by Crippen LogP contribution is 2.37. The lowest BCUT2D eigenvalue weighted by Crippen LogP contribution is -2.27. The number of carbonyl (C=O) groups excluding carboxylic acids is 2. The lowest BCUT2D eigenvalue weighted by molar-refractivity contribution is -0.142. The Bertz CT molecular complexity index is 1240. The Morgan fingerprint density at radius 1 is 0.946 bits per heavy atom. The molecular formula is C29H32ClNO5S. The second kappa shape index (κ2) is 12.9. The average Bonchev–Trinajstić information content (AvgIpc) is 2.84. The van der Waals surface area contributed by atoms with Crippen molar-refractivity contribution >= 4 is 40.9 Å². The zero-order valence-corrected chi connectivity index (χ0v) is 23.3. The summed E-state index contributed by atoms with van der Waals surface area (Å²) in [6.45, 7) is 7.70. The Labute approximate surface area is 227 Å². The summed E-state index contributed by atoms with van der Waals surface area (Å²) in [5.74, 6) is 1.83. The zero-order valence-electron chi connectivity index (χ0n) is 21.7. The fraction of sp³-hybridized carbons (Fsp3) is 0.310. The first-order chi connectivity index (χ1) is 17.6. The lowest BCUT2D eigenvalue weighted by Gasteiger charge is -2.19. The first-order valence-electron chi connectivity index (χ1n) is 11.9. The highest BCUT2D eigenvalue weighted by Gasteiger charge is 2.22. The SMILES string of the molecule is CCOC(=O)Cc1ccc(OC)c(Oc2ccc(NC(=O)C(C)(C)C)cc2CSc2ccc(Cl)cc2)c1. The van der Waals surface area contributed by atoms with Crippen LogP contribution in [0.1, 0.15) is 38.8 Å². The normalized spacial score (nSPS) is 11.1. The van der Waals surface area contributed by atoms with Crippen LogP contribution in [0.25, 0.3) is 0 Å². The van der Waals surface area contributed by atoms with Crippen molar-refractivity contribution in [2.45, 2.75) is 44.8 Å². The fourth-order valence-electron chi connectivity index (χ4n) is 3.29. The zero-order chi connectivity index (χ0) is 27.0. The molecule has 0 saturated carbocycles. The largest absolute Gasteiger partial charge is 0.493 e. The highest BCUT2D eigenvalue weighted by atomic mass is 35.5. The quantitative estimate of drug-likeness (QED) is 0.211. The van der Waals surface area contributed by atoms with Crippen molar-refractivity contribution in [3.05, 3.63) is 76.8 Å². The van der Waals surface area contributed by atoms with E-state index >= 15 is 0 Å². The van der Waals surface area contributed by atoms with Crippen LogP contribution < -0.4 is 14.8 Å². The van der Waals surface area contributed by atoms with Crippen LogP contribution in [0.5, 0.6) is 17.2 Å². The molecule has 0 aliphatic carbocycles. The van der Waals surface area contributed by atoms with E-state index in [1.54, 1.807) is 37.9 Å². The molecule has 3 aromatic carbocycles. The summed E-state index contributed by atoms with van der Waals surface area (Å²) < 4.78 is 16.9. The Morgan fingerprint density at radius 2 is 1.65 bits per heavy atom. The summed E-state index contributed by atoms with van der Waals surface area (Å²) in [5, 5.41) is 3.66. The van der Waals surface area contributed by atoms with Gasteiger partial charge in [-0.2, -0.15) is 0 Å². The molecule has 1 amide bonds. The molecule has 196 valence electrons. The second-order valence-corrected chi connectivity index (χ2v) is 10.8. The minimum atomic E-state index is -0.528. The second-order valence-electron chi connectivity index (χ2n) is 9.34. The molecule has 0 heterocycles. The molecule has 3 rings (SSSR count). The average molecular weight is 542 g/mol. The van der Waals surface area contributed by atoms with Gasteiger partial charge in [-0.3, -0.25) is 9.59 Å². The van der Waals surface area contributed by atoms with E-state index in [9.17, 15) is 9.59 Å². The number of carbonyl (C=O) groups is 2. The van der Waals surface area contributed by atoms with Crippen LogP contribution in [0.3, 0.4) is 0 Å². The number of hydrogen-bond donors (Lipinski definition) is 1. The predicted octanol–water partition coefficient (Wildman–Crippen LogP) is 7.52. The Hall–Kier alpha value is -3.16. The van der Waals surface area contributed by atoms with Gasteiger partial charge in [-0.25, -0.2) is 0 Å². The van der Waals surface area contributed by atoms with Gasteiger partial charge in [-0.15, -0.1) is 11.8 Å².